The average Bonchev–Trinajstić information content (AvgIpc) is 2.79. The summed E-state index contributed by atoms with van der Waals surface area (Å²) in [6, 6.07) is 7.40. The molecule has 0 aliphatic carbocycles. The van der Waals surface area contributed by atoms with Crippen molar-refractivity contribution in [2.45, 2.75) is 39.3 Å². The van der Waals surface area contributed by atoms with Crippen LogP contribution >= 0.6 is 0 Å². The molecule has 116 valence electrons. The first kappa shape index (κ1) is 15.6. The molecule has 1 aliphatic heterocycles. The van der Waals surface area contributed by atoms with Crippen LogP contribution in [0.4, 0.5) is 4.79 Å². The maximum atomic E-state index is 12.0. The molecule has 0 saturated heterocycles. The number of nitrogens with one attached hydrogen (secondary N) is 2. The van der Waals surface area contributed by atoms with Gasteiger partial charge in [0, 0.05) is 12.1 Å². The zero-order valence-electron chi connectivity index (χ0n) is 12.8. The molecule has 0 saturated carbocycles. The van der Waals surface area contributed by atoms with Crippen LogP contribution in [0.3, 0.4) is 0 Å². The number of para-hydroxylation sites is 1. The SMILES string of the molecule is C[C@H](O)CC(C)(C)CNC(=O)N[C@H]1COc2ccccc21. The fraction of sp³-hybridized carbons (Fsp3) is 0.562. The minimum atomic E-state index is -0.375. The number of rotatable bonds is 5. The van der Waals surface area contributed by atoms with E-state index in [1.807, 2.05) is 38.1 Å². The van der Waals surface area contributed by atoms with Crippen LogP contribution in [0.25, 0.3) is 0 Å². The summed E-state index contributed by atoms with van der Waals surface area (Å²) in [7, 11) is 0. The first-order valence-corrected chi connectivity index (χ1v) is 7.31. The highest BCUT2D eigenvalue weighted by atomic mass is 16.5. The number of amides is 2. The summed E-state index contributed by atoms with van der Waals surface area (Å²) in [6.07, 6.45) is 0.266. The molecule has 0 aromatic heterocycles. The van der Waals surface area contributed by atoms with Crippen molar-refractivity contribution in [3.63, 3.8) is 0 Å². The van der Waals surface area contributed by atoms with E-state index in [2.05, 4.69) is 10.6 Å². The number of hydrogen-bond donors (Lipinski definition) is 3. The predicted molar refractivity (Wildman–Crippen MR) is 81.3 cm³/mol. The Morgan fingerprint density at radius 3 is 2.90 bits per heavy atom. The fourth-order valence-electron chi connectivity index (χ4n) is 2.68. The lowest BCUT2D eigenvalue weighted by atomic mass is 9.87. The number of carbonyl (C=O) groups excluding carboxylic acids is 1. The number of aliphatic hydroxyl groups is 1. The van der Waals surface area contributed by atoms with Crippen LogP contribution in [0.2, 0.25) is 0 Å². The Labute approximate surface area is 125 Å². The van der Waals surface area contributed by atoms with Crippen LogP contribution in [0.1, 0.15) is 38.8 Å². The van der Waals surface area contributed by atoms with Crippen LogP contribution < -0.4 is 15.4 Å². The zero-order valence-corrected chi connectivity index (χ0v) is 12.8. The van der Waals surface area contributed by atoms with Gasteiger partial charge >= 0.3 is 6.03 Å². The van der Waals surface area contributed by atoms with Crippen molar-refractivity contribution in [2.24, 2.45) is 5.41 Å². The molecule has 0 spiro atoms. The maximum Gasteiger partial charge on any atom is 0.315 e. The Bertz CT molecular complexity index is 500. The number of ether oxygens (including phenoxy) is 1. The van der Waals surface area contributed by atoms with Gasteiger partial charge in [0.05, 0.1) is 12.1 Å². The molecule has 1 heterocycles. The summed E-state index contributed by atoms with van der Waals surface area (Å²) in [5.74, 6) is 0.831. The van der Waals surface area contributed by atoms with Crippen molar-refractivity contribution < 1.29 is 14.6 Å². The van der Waals surface area contributed by atoms with E-state index in [0.29, 0.717) is 19.6 Å². The molecule has 2 atom stereocenters. The molecule has 3 N–H and O–H groups in total. The van der Waals surface area contributed by atoms with E-state index < -0.39 is 0 Å². The van der Waals surface area contributed by atoms with Crippen molar-refractivity contribution in [3.05, 3.63) is 29.8 Å². The van der Waals surface area contributed by atoms with E-state index in [1.54, 1.807) is 6.92 Å². The Morgan fingerprint density at radius 2 is 2.19 bits per heavy atom. The fourth-order valence-corrected chi connectivity index (χ4v) is 2.68. The standard InChI is InChI=1S/C16H24N2O3/c1-11(19)8-16(2,3)10-17-15(20)18-13-9-21-14-7-5-4-6-12(13)14/h4-7,11,13,19H,8-10H2,1-3H3,(H2,17,18,20)/t11-,13-/m0/s1. The van der Waals surface area contributed by atoms with Gasteiger partial charge in [0.1, 0.15) is 12.4 Å². The number of carbonyl (C=O) groups is 1. The quantitative estimate of drug-likeness (QED) is 0.779. The van der Waals surface area contributed by atoms with Gasteiger partial charge in [-0.05, 0) is 24.8 Å². The molecule has 0 bridgehead atoms. The average molecular weight is 292 g/mol. The highest BCUT2D eigenvalue weighted by Gasteiger charge is 2.26. The van der Waals surface area contributed by atoms with Gasteiger partial charge in [0.2, 0.25) is 0 Å². The molecule has 0 fully saturated rings. The third-order valence-electron chi connectivity index (χ3n) is 3.58. The second kappa shape index (κ2) is 6.35. The molecule has 0 radical (unpaired) electrons. The normalized spacial score (nSPS) is 18.6. The number of urea groups is 1. The molecule has 1 aromatic rings. The first-order valence-electron chi connectivity index (χ1n) is 7.31. The van der Waals surface area contributed by atoms with Crippen LogP contribution in [-0.4, -0.2) is 30.4 Å². The van der Waals surface area contributed by atoms with Gasteiger partial charge in [0.15, 0.2) is 0 Å². The van der Waals surface area contributed by atoms with Gasteiger partial charge in [-0.2, -0.15) is 0 Å². The minimum absolute atomic E-state index is 0.110. The molecule has 21 heavy (non-hydrogen) atoms. The third kappa shape index (κ3) is 4.36. The van der Waals surface area contributed by atoms with Crippen molar-refractivity contribution in [2.75, 3.05) is 13.2 Å². The third-order valence-corrected chi connectivity index (χ3v) is 3.58. The van der Waals surface area contributed by atoms with E-state index in [9.17, 15) is 9.90 Å². The monoisotopic (exact) mass is 292 g/mol. The molecule has 5 nitrogen and oxygen atoms in total. The highest BCUT2D eigenvalue weighted by Crippen LogP contribution is 2.31. The van der Waals surface area contributed by atoms with Crippen molar-refractivity contribution in [3.8, 4) is 5.75 Å². The summed E-state index contributed by atoms with van der Waals surface area (Å²) in [4.78, 5) is 12.0. The molecular weight excluding hydrogens is 268 g/mol. The van der Waals surface area contributed by atoms with E-state index >= 15 is 0 Å². The predicted octanol–water partition coefficient (Wildman–Crippen LogP) is 2.22. The van der Waals surface area contributed by atoms with E-state index in [-0.39, 0.29) is 23.6 Å². The molecule has 1 aromatic carbocycles. The molecule has 2 amide bonds. The van der Waals surface area contributed by atoms with Crippen LogP contribution in [0.5, 0.6) is 5.75 Å². The Balaban J connectivity index is 1.84. The number of hydrogen-bond acceptors (Lipinski definition) is 3. The van der Waals surface area contributed by atoms with Crippen molar-refractivity contribution in [1.29, 1.82) is 0 Å². The summed E-state index contributed by atoms with van der Waals surface area (Å²) < 4.78 is 5.53. The first-order chi connectivity index (χ1) is 9.87. The van der Waals surface area contributed by atoms with Crippen LogP contribution in [0, 0.1) is 5.41 Å². The molecule has 0 unspecified atom stereocenters. The highest BCUT2D eigenvalue weighted by molar-refractivity contribution is 5.74. The molecule has 1 aliphatic rings. The topological polar surface area (TPSA) is 70.6 Å². The lowest BCUT2D eigenvalue weighted by Crippen LogP contribution is -2.43. The Hall–Kier alpha value is -1.75. The summed E-state index contributed by atoms with van der Waals surface area (Å²) >= 11 is 0. The lowest BCUT2D eigenvalue weighted by Gasteiger charge is -2.26. The Kier molecular flexibility index (Phi) is 4.73. The van der Waals surface area contributed by atoms with Gasteiger partial charge in [-0.25, -0.2) is 4.79 Å². The summed E-state index contributed by atoms with van der Waals surface area (Å²) in [5.41, 5.74) is 0.867. The van der Waals surface area contributed by atoms with Crippen LogP contribution in [0.15, 0.2) is 24.3 Å². The van der Waals surface area contributed by atoms with Gasteiger partial charge in [-0.15, -0.1) is 0 Å². The lowest BCUT2D eigenvalue weighted by molar-refractivity contribution is 0.128. The summed E-state index contributed by atoms with van der Waals surface area (Å²) in [6.45, 7) is 6.78. The van der Waals surface area contributed by atoms with Crippen molar-refractivity contribution in [1.82, 2.24) is 10.6 Å². The minimum Gasteiger partial charge on any atom is -0.491 e. The van der Waals surface area contributed by atoms with Gasteiger partial charge in [-0.1, -0.05) is 32.0 Å². The van der Waals surface area contributed by atoms with Gasteiger partial charge < -0.3 is 20.5 Å². The maximum absolute atomic E-state index is 12.0. The van der Waals surface area contributed by atoms with Crippen molar-refractivity contribution >= 4 is 6.03 Å². The van der Waals surface area contributed by atoms with E-state index in [4.69, 9.17) is 4.74 Å². The zero-order chi connectivity index (χ0) is 15.5. The van der Waals surface area contributed by atoms with Gasteiger partial charge in [0.25, 0.3) is 0 Å². The van der Waals surface area contributed by atoms with Gasteiger partial charge in [-0.3, -0.25) is 0 Å². The second-order valence-electron chi connectivity index (χ2n) is 6.45. The second-order valence-corrected chi connectivity index (χ2v) is 6.45. The molecular formula is C16H24N2O3. The number of fused-ring (bicyclic) bond motifs is 1. The number of benzene rings is 1. The smallest absolute Gasteiger partial charge is 0.315 e. The van der Waals surface area contributed by atoms with Crippen LogP contribution in [-0.2, 0) is 0 Å². The van der Waals surface area contributed by atoms with E-state index in [0.717, 1.165) is 11.3 Å². The van der Waals surface area contributed by atoms with E-state index in [1.165, 1.54) is 0 Å². The Morgan fingerprint density at radius 1 is 1.48 bits per heavy atom. The molecule has 5 heteroatoms. The largest absolute Gasteiger partial charge is 0.491 e. The molecule has 2 rings (SSSR count). The summed E-state index contributed by atoms with van der Waals surface area (Å²) in [5, 5.41) is 15.2. The number of aliphatic hydroxyl groups excluding tert-OH is 1.